The molecule has 2 fully saturated rings. The van der Waals surface area contributed by atoms with E-state index in [1.807, 2.05) is 6.08 Å². The Labute approximate surface area is 121 Å². The van der Waals surface area contributed by atoms with Crippen molar-refractivity contribution in [1.29, 1.82) is 0 Å². The largest absolute Gasteiger partial charge is 0.387 e. The summed E-state index contributed by atoms with van der Waals surface area (Å²) in [6.07, 6.45) is 8.56. The molecule has 3 aliphatic rings. The molecule has 0 aromatic heterocycles. The highest BCUT2D eigenvalue weighted by atomic mass is 35.5. The number of hydrogen-bond acceptors (Lipinski definition) is 2. The number of aliphatic hydroxyl groups excluding tert-OH is 1. The van der Waals surface area contributed by atoms with E-state index in [-0.39, 0.29) is 5.38 Å². The maximum atomic E-state index is 10.1. The second-order valence-electron chi connectivity index (χ2n) is 6.57. The summed E-state index contributed by atoms with van der Waals surface area (Å²) in [5.74, 6) is 1.38. The molecule has 0 radical (unpaired) electrons. The molecule has 1 saturated heterocycles. The summed E-state index contributed by atoms with van der Waals surface area (Å²) in [4.78, 5) is 2.52. The quantitative estimate of drug-likeness (QED) is 0.690. The summed E-state index contributed by atoms with van der Waals surface area (Å²) in [5, 5.41) is 9.82. The van der Waals surface area contributed by atoms with Crippen LogP contribution in [-0.4, -0.2) is 41.1 Å². The van der Waals surface area contributed by atoms with Gasteiger partial charge in [0, 0.05) is 12.6 Å². The molecular weight excluding hydrogens is 258 g/mol. The molecule has 1 saturated carbocycles. The van der Waals surface area contributed by atoms with Crippen molar-refractivity contribution >= 4 is 11.6 Å². The average molecular weight is 282 g/mol. The van der Waals surface area contributed by atoms with Crippen LogP contribution >= 0.6 is 11.6 Å². The fourth-order valence-corrected chi connectivity index (χ4v) is 4.27. The topological polar surface area (TPSA) is 23.5 Å². The maximum absolute atomic E-state index is 10.1. The summed E-state index contributed by atoms with van der Waals surface area (Å²) in [5.41, 5.74) is 2.78. The Bertz CT molecular complexity index is 417. The molecule has 0 amide bonds. The molecule has 2 unspecified atom stereocenters. The first-order valence-electron chi connectivity index (χ1n) is 7.51. The Morgan fingerprint density at radius 2 is 2.11 bits per heavy atom. The number of likely N-dealkylation sites (tertiary alicyclic amines) is 1. The van der Waals surface area contributed by atoms with Gasteiger partial charge in [0.1, 0.15) is 0 Å². The number of alkyl halides is 1. The second-order valence-corrected chi connectivity index (χ2v) is 7.08. The van der Waals surface area contributed by atoms with E-state index in [1.165, 1.54) is 30.4 Å². The third-order valence-electron chi connectivity index (χ3n) is 5.18. The fraction of sp³-hybridized carbons (Fsp3) is 0.750. The van der Waals surface area contributed by atoms with Gasteiger partial charge in [-0.25, -0.2) is 0 Å². The number of fused-ring (bicyclic) bond motifs is 3. The Kier molecular flexibility index (Phi) is 3.76. The molecule has 5 atom stereocenters. The van der Waals surface area contributed by atoms with Crippen LogP contribution in [0.5, 0.6) is 0 Å². The Balaban J connectivity index is 1.96. The molecule has 3 rings (SSSR count). The Morgan fingerprint density at radius 1 is 1.32 bits per heavy atom. The Hall–Kier alpha value is -0.310. The first kappa shape index (κ1) is 13.7. The molecule has 2 aliphatic carbocycles. The van der Waals surface area contributed by atoms with Gasteiger partial charge in [0.25, 0.3) is 0 Å². The third-order valence-corrected chi connectivity index (χ3v) is 5.57. The van der Waals surface area contributed by atoms with E-state index in [2.05, 4.69) is 24.9 Å². The number of hydrogen-bond donors (Lipinski definition) is 1. The number of halogens is 1. The van der Waals surface area contributed by atoms with Gasteiger partial charge in [0.15, 0.2) is 0 Å². The predicted molar refractivity (Wildman–Crippen MR) is 79.4 cm³/mol. The van der Waals surface area contributed by atoms with Gasteiger partial charge >= 0.3 is 0 Å². The first-order chi connectivity index (χ1) is 9.06. The zero-order valence-corrected chi connectivity index (χ0v) is 12.6. The molecule has 1 aliphatic heterocycles. The van der Waals surface area contributed by atoms with Crippen LogP contribution in [-0.2, 0) is 0 Å². The van der Waals surface area contributed by atoms with Crippen LogP contribution in [0.3, 0.4) is 0 Å². The van der Waals surface area contributed by atoms with E-state index >= 15 is 0 Å². The van der Waals surface area contributed by atoms with Gasteiger partial charge in [-0.05, 0) is 55.7 Å². The third kappa shape index (κ3) is 2.51. The molecule has 0 aromatic carbocycles. The lowest BCUT2D eigenvalue weighted by Crippen LogP contribution is -2.41. The fourth-order valence-electron chi connectivity index (χ4n) is 4.05. The number of aliphatic hydroxyl groups is 1. The molecule has 2 nitrogen and oxygen atoms in total. The summed E-state index contributed by atoms with van der Waals surface area (Å²) in [6.45, 7) is 3.47. The van der Waals surface area contributed by atoms with Crippen molar-refractivity contribution in [1.82, 2.24) is 4.90 Å². The van der Waals surface area contributed by atoms with Crippen LogP contribution in [0.15, 0.2) is 23.3 Å². The minimum atomic E-state index is -0.512. The van der Waals surface area contributed by atoms with Gasteiger partial charge in [-0.2, -0.15) is 0 Å². The van der Waals surface area contributed by atoms with Crippen LogP contribution in [0.1, 0.15) is 32.6 Å². The van der Waals surface area contributed by atoms with Gasteiger partial charge in [0.2, 0.25) is 0 Å². The van der Waals surface area contributed by atoms with E-state index < -0.39 is 6.10 Å². The molecule has 106 valence electrons. The maximum Gasteiger partial charge on any atom is 0.0925 e. The highest BCUT2D eigenvalue weighted by Crippen LogP contribution is 2.43. The van der Waals surface area contributed by atoms with E-state index in [9.17, 15) is 5.11 Å². The normalized spacial score (nSPS) is 43.7. The summed E-state index contributed by atoms with van der Waals surface area (Å²) >= 11 is 6.20. The molecule has 3 heteroatoms. The number of rotatable bonds is 0. The van der Waals surface area contributed by atoms with Gasteiger partial charge in [-0.1, -0.05) is 19.1 Å². The van der Waals surface area contributed by atoms with Gasteiger partial charge in [0.05, 0.1) is 11.5 Å². The SMILES string of the molecule is C[C@@H]1CC[C@H]2[C@H](C1)C1=CC(O)C(Cl)C=C1CCN2C. The molecular formula is C16H24ClNO. The monoisotopic (exact) mass is 281 g/mol. The van der Waals surface area contributed by atoms with Crippen molar-refractivity contribution in [3.8, 4) is 0 Å². The lowest BCUT2D eigenvalue weighted by Gasteiger charge is -2.40. The molecule has 1 heterocycles. The summed E-state index contributed by atoms with van der Waals surface area (Å²) < 4.78 is 0. The molecule has 0 aromatic rings. The lowest BCUT2D eigenvalue weighted by molar-refractivity contribution is 0.135. The van der Waals surface area contributed by atoms with E-state index in [4.69, 9.17) is 11.6 Å². The van der Waals surface area contributed by atoms with Gasteiger partial charge in [-0.3, -0.25) is 0 Å². The van der Waals surface area contributed by atoms with Crippen molar-refractivity contribution < 1.29 is 5.11 Å². The van der Waals surface area contributed by atoms with Crippen molar-refractivity contribution in [3.63, 3.8) is 0 Å². The summed E-state index contributed by atoms with van der Waals surface area (Å²) in [7, 11) is 2.25. The van der Waals surface area contributed by atoms with Crippen LogP contribution in [0.25, 0.3) is 0 Å². The van der Waals surface area contributed by atoms with Gasteiger partial charge < -0.3 is 10.0 Å². The zero-order valence-electron chi connectivity index (χ0n) is 11.8. The van der Waals surface area contributed by atoms with E-state index in [0.29, 0.717) is 12.0 Å². The second kappa shape index (κ2) is 5.23. The van der Waals surface area contributed by atoms with Gasteiger partial charge in [-0.15, -0.1) is 11.6 Å². The summed E-state index contributed by atoms with van der Waals surface area (Å²) in [6, 6.07) is 0.646. The van der Waals surface area contributed by atoms with Crippen LogP contribution in [0, 0.1) is 11.8 Å². The minimum absolute atomic E-state index is 0.248. The highest BCUT2D eigenvalue weighted by molar-refractivity contribution is 6.22. The van der Waals surface area contributed by atoms with E-state index in [1.54, 1.807) is 0 Å². The van der Waals surface area contributed by atoms with Crippen LogP contribution in [0.4, 0.5) is 0 Å². The van der Waals surface area contributed by atoms with E-state index in [0.717, 1.165) is 18.9 Å². The number of nitrogens with zero attached hydrogens (tertiary/aromatic N) is 1. The first-order valence-corrected chi connectivity index (χ1v) is 7.95. The van der Waals surface area contributed by atoms with Crippen molar-refractivity contribution in [2.75, 3.05) is 13.6 Å². The molecule has 0 bridgehead atoms. The smallest absolute Gasteiger partial charge is 0.0925 e. The molecule has 1 N–H and O–H groups in total. The predicted octanol–water partition coefficient (Wildman–Crippen LogP) is 2.96. The minimum Gasteiger partial charge on any atom is -0.387 e. The Morgan fingerprint density at radius 3 is 2.89 bits per heavy atom. The van der Waals surface area contributed by atoms with Crippen molar-refractivity contribution in [2.24, 2.45) is 11.8 Å². The zero-order chi connectivity index (χ0) is 13.6. The standard InChI is InChI=1S/C16H24ClNO/c1-10-3-4-15-13(7-10)12-9-16(19)14(17)8-11(12)5-6-18(15)2/h8-10,13-16,19H,3-7H2,1-2H3/t10-,13-,14?,15+,16?/m1/s1. The molecule has 19 heavy (non-hydrogen) atoms. The van der Waals surface area contributed by atoms with Crippen molar-refractivity contribution in [2.45, 2.75) is 50.1 Å². The van der Waals surface area contributed by atoms with Crippen molar-refractivity contribution in [3.05, 3.63) is 23.3 Å². The molecule has 0 spiro atoms. The van der Waals surface area contributed by atoms with Crippen LogP contribution < -0.4 is 0 Å². The average Bonchev–Trinajstić information content (AvgIpc) is 2.50. The highest BCUT2D eigenvalue weighted by Gasteiger charge is 2.38. The van der Waals surface area contributed by atoms with Crippen LogP contribution in [0.2, 0.25) is 0 Å². The lowest BCUT2D eigenvalue weighted by atomic mass is 9.72.